The van der Waals surface area contributed by atoms with Crippen molar-refractivity contribution in [3.05, 3.63) is 166 Å². The number of rotatable bonds is 5. The van der Waals surface area contributed by atoms with Crippen LogP contribution in [0.3, 0.4) is 0 Å². The average molecular weight is 750 g/mol. The van der Waals surface area contributed by atoms with Crippen LogP contribution in [0.2, 0.25) is 0 Å². The molecule has 5 heterocycles. The molecule has 0 saturated carbocycles. The van der Waals surface area contributed by atoms with Gasteiger partial charge in [0, 0.05) is 0 Å². The number of aliphatic hydroxyl groups excluding tert-OH is 1. The molecule has 7 aromatic rings. The Morgan fingerprint density at radius 3 is 0.907 bits per heavy atom. The van der Waals surface area contributed by atoms with Crippen molar-refractivity contribution in [2.45, 2.75) is 27.4 Å². The molecule has 8 bridgehead atoms. The van der Waals surface area contributed by atoms with Gasteiger partial charge in [0.25, 0.3) is 0 Å². The molecule has 0 saturated heterocycles. The minimum atomic E-state index is -0.0246. The van der Waals surface area contributed by atoms with Gasteiger partial charge in [0.2, 0.25) is 0 Å². The first-order valence-electron chi connectivity index (χ1n) is 17.9. The molecule has 0 atom stereocenters. The van der Waals surface area contributed by atoms with Crippen LogP contribution < -0.4 is 9.97 Å². The largest absolute Gasteiger partial charge is 2.00 e. The number of aliphatic hydroxyl groups is 1. The van der Waals surface area contributed by atoms with Crippen LogP contribution >= 0.6 is 0 Å². The van der Waals surface area contributed by atoms with E-state index in [1.165, 1.54) is 16.7 Å². The number of benzene rings is 4. The topological polar surface area (TPSA) is 74.2 Å². The van der Waals surface area contributed by atoms with Crippen LogP contribution in [0.25, 0.3) is 90.9 Å². The third kappa shape index (κ3) is 6.49. The molecule has 0 radical (unpaired) electrons. The van der Waals surface area contributed by atoms with Crippen molar-refractivity contribution in [1.82, 2.24) is 19.9 Å². The van der Waals surface area contributed by atoms with Gasteiger partial charge in [0.05, 0.1) is 29.4 Å². The molecular weight excluding hydrogens is 714 g/mol. The van der Waals surface area contributed by atoms with E-state index in [1.54, 1.807) is 0 Å². The van der Waals surface area contributed by atoms with Crippen LogP contribution in [0, 0.1) is 20.8 Å². The van der Waals surface area contributed by atoms with Crippen LogP contribution in [-0.2, 0) is 26.1 Å². The molecule has 2 aliphatic heterocycles. The van der Waals surface area contributed by atoms with Gasteiger partial charge in [-0.25, -0.2) is 9.97 Å². The van der Waals surface area contributed by atoms with E-state index >= 15 is 0 Å². The Balaban J connectivity index is 0.00000413. The van der Waals surface area contributed by atoms with Crippen LogP contribution in [0.4, 0.5) is 0 Å². The quantitative estimate of drug-likeness (QED) is 0.177. The van der Waals surface area contributed by atoms with Crippen molar-refractivity contribution >= 4 is 46.4 Å². The van der Waals surface area contributed by atoms with E-state index in [0.29, 0.717) is 0 Å². The summed E-state index contributed by atoms with van der Waals surface area (Å²) in [5.74, 6) is 0. The van der Waals surface area contributed by atoms with Gasteiger partial charge in [0.15, 0.2) is 0 Å². The zero-order valence-electron chi connectivity index (χ0n) is 30.5. The predicted octanol–water partition coefficient (Wildman–Crippen LogP) is 11.0. The molecule has 54 heavy (non-hydrogen) atoms. The monoisotopic (exact) mass is 748 g/mol. The maximum Gasteiger partial charge on any atom is 2.00 e. The number of hydrogen-bond acceptors (Lipinski definition) is 3. The second-order valence-electron chi connectivity index (χ2n) is 13.8. The molecule has 0 fully saturated rings. The summed E-state index contributed by atoms with van der Waals surface area (Å²) in [6.07, 6.45) is 8.36. The first kappa shape index (κ1) is 35.1. The first-order valence-corrected chi connectivity index (χ1v) is 17.9. The number of aromatic nitrogens is 4. The maximum absolute atomic E-state index is 9.83. The zero-order chi connectivity index (χ0) is 36.1. The first-order chi connectivity index (χ1) is 25.9. The van der Waals surface area contributed by atoms with Crippen molar-refractivity contribution in [3.63, 3.8) is 0 Å². The van der Waals surface area contributed by atoms with E-state index in [2.05, 4.69) is 142 Å². The Hall–Kier alpha value is -5.94. The predicted molar refractivity (Wildman–Crippen MR) is 219 cm³/mol. The fraction of sp³-hybridized carbons (Fsp3) is 0.0833. The molecule has 0 unspecified atom stereocenters. The third-order valence-corrected chi connectivity index (χ3v) is 10.1. The third-order valence-electron chi connectivity index (χ3n) is 10.1. The minimum Gasteiger partial charge on any atom is -0.657 e. The van der Waals surface area contributed by atoms with Crippen molar-refractivity contribution in [1.29, 1.82) is 0 Å². The summed E-state index contributed by atoms with van der Waals surface area (Å²) in [6, 6.07) is 42.0. The van der Waals surface area contributed by atoms with Crippen molar-refractivity contribution in [2.75, 3.05) is 0 Å². The smallest absolute Gasteiger partial charge is 0.657 e. The molecule has 256 valence electrons. The molecule has 4 aromatic carbocycles. The van der Waals surface area contributed by atoms with Crippen LogP contribution in [0.5, 0.6) is 0 Å². The Morgan fingerprint density at radius 1 is 0.389 bits per heavy atom. The van der Waals surface area contributed by atoms with Gasteiger partial charge in [-0.3, -0.25) is 0 Å². The second-order valence-corrected chi connectivity index (χ2v) is 13.8. The van der Waals surface area contributed by atoms with E-state index < -0.39 is 0 Å². The zero-order valence-corrected chi connectivity index (χ0v) is 33.5. The van der Waals surface area contributed by atoms with E-state index in [9.17, 15) is 5.11 Å². The van der Waals surface area contributed by atoms with E-state index in [0.717, 1.165) is 94.9 Å². The summed E-state index contributed by atoms with van der Waals surface area (Å²) >= 11 is 0. The van der Waals surface area contributed by atoms with Crippen LogP contribution in [0.15, 0.2) is 121 Å². The Kier molecular flexibility index (Phi) is 9.41. The summed E-state index contributed by atoms with van der Waals surface area (Å²) in [6.45, 7) is 6.28. The normalized spacial score (nSPS) is 11.9. The Morgan fingerprint density at radius 2 is 0.648 bits per heavy atom. The second kappa shape index (κ2) is 14.5. The van der Waals surface area contributed by atoms with Gasteiger partial charge < -0.3 is 15.1 Å². The Bertz CT molecular complexity index is 2710. The van der Waals surface area contributed by atoms with Gasteiger partial charge in [-0.2, -0.15) is 0 Å². The summed E-state index contributed by atoms with van der Waals surface area (Å²) in [5, 5.41) is 9.83. The van der Waals surface area contributed by atoms with Crippen LogP contribution in [0.1, 0.15) is 45.0 Å². The van der Waals surface area contributed by atoms with Crippen molar-refractivity contribution in [3.8, 4) is 44.5 Å². The van der Waals surface area contributed by atoms with E-state index in [1.807, 2.05) is 24.3 Å². The number of hydrogen-bond donors (Lipinski definition) is 1. The molecule has 1 N–H and O–H groups in total. The van der Waals surface area contributed by atoms with Gasteiger partial charge in [-0.1, -0.05) is 138 Å². The molecule has 0 spiro atoms. The number of nitrogens with zero attached hydrogens (tertiary/aromatic N) is 4. The molecule has 9 rings (SSSR count). The number of aryl methyl sites for hydroxylation is 3. The average Bonchev–Trinajstić information content (AvgIpc) is 4.02. The van der Waals surface area contributed by atoms with E-state index in [4.69, 9.17) is 19.9 Å². The van der Waals surface area contributed by atoms with Gasteiger partial charge in [-0.15, -0.1) is 22.1 Å². The molecular formula is C48H36N4OZn. The SMILES string of the molecule is Cc1ccc(-c2c3nc(c(-c4ccc(C)cc4)c4ccc([n-]4)c(-c4ccc(CO)cc4)c4nc(c(-c5ccc(C)cc5)c5ccc2[n-]5)C=C4)C=C3)cc1.[Zn+2]. The molecule has 2 aliphatic rings. The molecule has 3 aromatic heterocycles. The number of fused-ring (bicyclic) bond motifs is 8. The van der Waals surface area contributed by atoms with Gasteiger partial charge >= 0.3 is 19.5 Å². The van der Waals surface area contributed by atoms with Crippen molar-refractivity contribution < 1.29 is 24.6 Å². The van der Waals surface area contributed by atoms with E-state index in [-0.39, 0.29) is 26.1 Å². The molecule has 0 aliphatic carbocycles. The summed E-state index contributed by atoms with van der Waals surface area (Å²) in [7, 11) is 0. The van der Waals surface area contributed by atoms with Gasteiger partial charge in [-0.05, 0) is 95.1 Å². The minimum absolute atomic E-state index is 0. The summed E-state index contributed by atoms with van der Waals surface area (Å²) in [5.41, 5.74) is 18.9. The Labute approximate surface area is 327 Å². The molecule has 6 heteroatoms. The van der Waals surface area contributed by atoms with Crippen LogP contribution in [-0.4, -0.2) is 15.1 Å². The molecule has 5 nitrogen and oxygen atoms in total. The summed E-state index contributed by atoms with van der Waals surface area (Å²) < 4.78 is 0. The van der Waals surface area contributed by atoms with Crippen molar-refractivity contribution in [2.24, 2.45) is 0 Å². The fourth-order valence-corrected chi connectivity index (χ4v) is 7.21. The molecule has 0 amide bonds. The standard InChI is InChI=1S/C48H36N4O.Zn/c1-29-4-12-33(13-5-29)45-37-20-22-39(49-37)46(34-14-6-30(2)7-15-34)41-24-26-43(51-41)48(36-18-10-32(28-53)11-19-36)44-27-25-42(52-44)47(40-23-21-38(45)50-40)35-16-8-31(3)9-17-35;/h4-27,53H,28H2,1-3H3;/q-2;+2. The maximum atomic E-state index is 9.83. The summed E-state index contributed by atoms with van der Waals surface area (Å²) in [4.78, 5) is 21.4. The fourth-order valence-electron chi connectivity index (χ4n) is 7.21. The van der Waals surface area contributed by atoms with Gasteiger partial charge in [0.1, 0.15) is 0 Å².